The second-order valence-corrected chi connectivity index (χ2v) is 6.46. The molecule has 0 spiro atoms. The SMILES string of the molecule is CN1CCN(NC(=O)C(CN)CC(C)(C)C)CC1. The van der Waals surface area contributed by atoms with Crippen LogP contribution in [-0.2, 0) is 4.79 Å². The summed E-state index contributed by atoms with van der Waals surface area (Å²) in [5.74, 6) is -0.0263. The number of carbonyl (C=O) groups is 1. The van der Waals surface area contributed by atoms with E-state index in [0.29, 0.717) is 6.54 Å². The first kappa shape index (κ1) is 15.4. The van der Waals surface area contributed by atoms with Crippen molar-refractivity contribution >= 4 is 5.91 Å². The number of rotatable bonds is 4. The summed E-state index contributed by atoms with van der Waals surface area (Å²) >= 11 is 0. The van der Waals surface area contributed by atoms with Crippen LogP contribution in [0.3, 0.4) is 0 Å². The van der Waals surface area contributed by atoms with Crippen LogP contribution in [0.2, 0.25) is 0 Å². The van der Waals surface area contributed by atoms with E-state index in [1.807, 2.05) is 5.01 Å². The minimum Gasteiger partial charge on any atom is -0.330 e. The standard InChI is InChI=1S/C13H28N4O/c1-13(2,3)9-11(10-14)12(18)15-17-7-5-16(4)6-8-17/h11H,5-10,14H2,1-4H3,(H,15,18). The summed E-state index contributed by atoms with van der Waals surface area (Å²) in [7, 11) is 2.10. The van der Waals surface area contributed by atoms with Crippen LogP contribution in [0.4, 0.5) is 0 Å². The van der Waals surface area contributed by atoms with E-state index < -0.39 is 0 Å². The highest BCUT2D eigenvalue weighted by atomic mass is 16.2. The normalized spacial score (nSPS) is 20.7. The molecule has 0 bridgehead atoms. The lowest BCUT2D eigenvalue weighted by atomic mass is 9.84. The van der Waals surface area contributed by atoms with E-state index >= 15 is 0 Å². The number of nitrogens with two attached hydrogens (primary N) is 1. The van der Waals surface area contributed by atoms with Crippen molar-refractivity contribution < 1.29 is 4.79 Å². The highest BCUT2D eigenvalue weighted by Crippen LogP contribution is 2.24. The van der Waals surface area contributed by atoms with Crippen molar-refractivity contribution in [1.82, 2.24) is 15.3 Å². The first-order chi connectivity index (χ1) is 8.31. The first-order valence-corrected chi connectivity index (χ1v) is 6.76. The van der Waals surface area contributed by atoms with Gasteiger partial charge in [0.15, 0.2) is 0 Å². The molecular weight excluding hydrogens is 228 g/mol. The van der Waals surface area contributed by atoms with E-state index in [9.17, 15) is 4.79 Å². The quantitative estimate of drug-likeness (QED) is 0.758. The Morgan fingerprint density at radius 1 is 1.28 bits per heavy atom. The van der Waals surface area contributed by atoms with E-state index in [4.69, 9.17) is 5.73 Å². The molecule has 5 heteroatoms. The zero-order valence-electron chi connectivity index (χ0n) is 12.2. The van der Waals surface area contributed by atoms with Gasteiger partial charge in [0.25, 0.3) is 0 Å². The zero-order chi connectivity index (χ0) is 13.8. The number of piperazine rings is 1. The predicted octanol–water partition coefficient (Wildman–Crippen LogP) is 0.276. The van der Waals surface area contributed by atoms with Gasteiger partial charge < -0.3 is 10.6 Å². The van der Waals surface area contributed by atoms with Crippen molar-refractivity contribution in [3.05, 3.63) is 0 Å². The van der Waals surface area contributed by atoms with Crippen molar-refractivity contribution in [1.29, 1.82) is 0 Å². The van der Waals surface area contributed by atoms with Crippen LogP contribution in [-0.4, -0.2) is 55.6 Å². The van der Waals surface area contributed by atoms with Gasteiger partial charge in [-0.25, -0.2) is 5.01 Å². The average molecular weight is 256 g/mol. The molecule has 1 heterocycles. The third-order valence-electron chi connectivity index (χ3n) is 3.29. The van der Waals surface area contributed by atoms with E-state index in [1.165, 1.54) is 0 Å². The van der Waals surface area contributed by atoms with Gasteiger partial charge >= 0.3 is 0 Å². The second kappa shape index (κ2) is 6.50. The fourth-order valence-electron chi connectivity index (χ4n) is 2.19. The Labute approximate surface area is 111 Å². The first-order valence-electron chi connectivity index (χ1n) is 6.76. The van der Waals surface area contributed by atoms with Gasteiger partial charge in [-0.15, -0.1) is 0 Å². The number of hydrazine groups is 1. The molecule has 1 aliphatic rings. The molecule has 1 unspecified atom stereocenters. The third kappa shape index (κ3) is 5.33. The van der Waals surface area contributed by atoms with Crippen LogP contribution in [0.15, 0.2) is 0 Å². The minimum absolute atomic E-state index is 0.0666. The summed E-state index contributed by atoms with van der Waals surface area (Å²) in [5, 5.41) is 2.01. The molecule has 0 aliphatic carbocycles. The fraction of sp³-hybridized carbons (Fsp3) is 0.923. The molecule has 1 fully saturated rings. The monoisotopic (exact) mass is 256 g/mol. The van der Waals surface area contributed by atoms with Crippen LogP contribution >= 0.6 is 0 Å². The number of amides is 1. The fourth-order valence-corrected chi connectivity index (χ4v) is 2.19. The van der Waals surface area contributed by atoms with Crippen molar-refractivity contribution in [2.75, 3.05) is 39.8 Å². The van der Waals surface area contributed by atoms with Crippen LogP contribution in [0.5, 0.6) is 0 Å². The zero-order valence-corrected chi connectivity index (χ0v) is 12.2. The molecule has 5 nitrogen and oxygen atoms in total. The number of carbonyl (C=O) groups excluding carboxylic acids is 1. The van der Waals surface area contributed by atoms with Crippen LogP contribution in [0.25, 0.3) is 0 Å². The Morgan fingerprint density at radius 3 is 2.28 bits per heavy atom. The maximum Gasteiger partial charge on any atom is 0.238 e. The lowest BCUT2D eigenvalue weighted by molar-refractivity contribution is -0.131. The smallest absolute Gasteiger partial charge is 0.238 e. The van der Waals surface area contributed by atoms with Crippen LogP contribution < -0.4 is 11.2 Å². The average Bonchev–Trinajstić information content (AvgIpc) is 2.27. The molecule has 3 N–H and O–H groups in total. The van der Waals surface area contributed by atoms with E-state index in [0.717, 1.165) is 32.6 Å². The summed E-state index contributed by atoms with van der Waals surface area (Å²) in [6.45, 7) is 10.6. The van der Waals surface area contributed by atoms with Crippen molar-refractivity contribution in [2.24, 2.45) is 17.1 Å². The van der Waals surface area contributed by atoms with E-state index in [2.05, 4.69) is 38.1 Å². The van der Waals surface area contributed by atoms with Gasteiger partial charge in [0.1, 0.15) is 0 Å². The molecule has 0 aromatic heterocycles. The van der Waals surface area contributed by atoms with E-state index in [1.54, 1.807) is 0 Å². The van der Waals surface area contributed by atoms with Crippen LogP contribution in [0, 0.1) is 11.3 Å². The van der Waals surface area contributed by atoms with Crippen LogP contribution in [0.1, 0.15) is 27.2 Å². The molecule has 1 saturated heterocycles. The Kier molecular flexibility index (Phi) is 5.56. The highest BCUT2D eigenvalue weighted by molar-refractivity contribution is 5.78. The Hall–Kier alpha value is -0.650. The lowest BCUT2D eigenvalue weighted by Crippen LogP contribution is -2.54. The number of likely N-dealkylation sites (N-methyl/N-ethyl adjacent to an activating group) is 1. The Balaban J connectivity index is 2.42. The third-order valence-corrected chi connectivity index (χ3v) is 3.29. The van der Waals surface area contributed by atoms with Gasteiger partial charge in [0.2, 0.25) is 5.91 Å². The highest BCUT2D eigenvalue weighted by Gasteiger charge is 2.25. The predicted molar refractivity (Wildman–Crippen MR) is 73.8 cm³/mol. The maximum atomic E-state index is 12.2. The minimum atomic E-state index is -0.0929. The summed E-state index contributed by atoms with van der Waals surface area (Å²) in [6, 6.07) is 0. The summed E-state index contributed by atoms with van der Waals surface area (Å²) in [6.07, 6.45) is 0.822. The number of nitrogens with one attached hydrogen (secondary N) is 1. The van der Waals surface area contributed by atoms with Gasteiger partial charge in [0.05, 0.1) is 5.92 Å². The topological polar surface area (TPSA) is 61.6 Å². The number of nitrogens with zero attached hydrogens (tertiary/aromatic N) is 2. The molecule has 1 aliphatic heterocycles. The molecule has 1 atom stereocenters. The lowest BCUT2D eigenvalue weighted by Gasteiger charge is -2.34. The number of hydrogen-bond acceptors (Lipinski definition) is 4. The summed E-state index contributed by atoms with van der Waals surface area (Å²) < 4.78 is 0. The van der Waals surface area contributed by atoms with Gasteiger partial charge in [0, 0.05) is 32.7 Å². The summed E-state index contributed by atoms with van der Waals surface area (Å²) in [5.41, 5.74) is 8.85. The van der Waals surface area contributed by atoms with Crippen molar-refractivity contribution in [3.8, 4) is 0 Å². The molecule has 0 radical (unpaired) electrons. The van der Waals surface area contributed by atoms with Crippen molar-refractivity contribution in [2.45, 2.75) is 27.2 Å². The molecule has 1 amide bonds. The van der Waals surface area contributed by atoms with E-state index in [-0.39, 0.29) is 17.2 Å². The largest absolute Gasteiger partial charge is 0.330 e. The van der Waals surface area contributed by atoms with Gasteiger partial charge in [-0.1, -0.05) is 20.8 Å². The molecular formula is C13H28N4O. The van der Waals surface area contributed by atoms with Gasteiger partial charge in [-0.05, 0) is 18.9 Å². The maximum absolute atomic E-state index is 12.2. The molecule has 1 rings (SSSR count). The molecule has 0 aromatic rings. The number of hydrogen-bond donors (Lipinski definition) is 2. The molecule has 0 saturated carbocycles. The van der Waals surface area contributed by atoms with Gasteiger partial charge in [-0.2, -0.15) is 0 Å². The summed E-state index contributed by atoms with van der Waals surface area (Å²) in [4.78, 5) is 14.4. The molecule has 18 heavy (non-hydrogen) atoms. The van der Waals surface area contributed by atoms with Gasteiger partial charge in [-0.3, -0.25) is 10.2 Å². The second-order valence-electron chi connectivity index (χ2n) is 6.46. The Morgan fingerprint density at radius 2 is 1.83 bits per heavy atom. The molecule has 0 aromatic carbocycles. The van der Waals surface area contributed by atoms with Crippen molar-refractivity contribution in [3.63, 3.8) is 0 Å². The Bertz CT molecular complexity index is 267. The molecule has 106 valence electrons.